The van der Waals surface area contributed by atoms with Crippen LogP contribution in [-0.2, 0) is 6.42 Å². The minimum absolute atomic E-state index is 0.414. The molecule has 0 bridgehead atoms. The van der Waals surface area contributed by atoms with Gasteiger partial charge < -0.3 is 5.32 Å². The molecule has 1 aromatic rings. The van der Waals surface area contributed by atoms with Gasteiger partial charge in [-0.05, 0) is 38.6 Å². The van der Waals surface area contributed by atoms with Crippen LogP contribution in [-0.4, -0.2) is 11.5 Å². The van der Waals surface area contributed by atoms with Gasteiger partial charge in [0.05, 0.1) is 10.7 Å². The Morgan fingerprint density at radius 3 is 2.88 bits per heavy atom. The van der Waals surface area contributed by atoms with Crippen molar-refractivity contribution in [2.24, 2.45) is 5.92 Å². The Bertz CT molecular complexity index is 315. The number of rotatable bonds is 5. The summed E-state index contributed by atoms with van der Waals surface area (Å²) in [6.07, 6.45) is 6.74. The van der Waals surface area contributed by atoms with Crippen molar-refractivity contribution in [1.82, 2.24) is 10.3 Å². The highest BCUT2D eigenvalue weighted by Crippen LogP contribution is 2.25. The van der Waals surface area contributed by atoms with Crippen LogP contribution in [0.1, 0.15) is 56.3 Å². The summed E-state index contributed by atoms with van der Waals surface area (Å²) < 4.78 is 0. The van der Waals surface area contributed by atoms with Crippen molar-refractivity contribution in [1.29, 1.82) is 0 Å². The van der Waals surface area contributed by atoms with E-state index in [1.54, 1.807) is 11.3 Å². The lowest BCUT2D eigenvalue weighted by Gasteiger charge is -2.15. The summed E-state index contributed by atoms with van der Waals surface area (Å²) in [6, 6.07) is 0.414. The lowest BCUT2D eigenvalue weighted by atomic mass is 10.1. The van der Waals surface area contributed by atoms with Gasteiger partial charge in [-0.15, -0.1) is 11.3 Å². The van der Waals surface area contributed by atoms with Gasteiger partial charge in [0.15, 0.2) is 0 Å². The molecule has 90 valence electrons. The normalized spacial score (nSPS) is 19.1. The molecule has 16 heavy (non-hydrogen) atoms. The fourth-order valence-corrected chi connectivity index (χ4v) is 3.19. The van der Waals surface area contributed by atoms with Crippen LogP contribution in [0.4, 0.5) is 0 Å². The van der Waals surface area contributed by atoms with Gasteiger partial charge in [-0.3, -0.25) is 0 Å². The Morgan fingerprint density at radius 2 is 2.25 bits per heavy atom. The van der Waals surface area contributed by atoms with Crippen molar-refractivity contribution < 1.29 is 0 Å². The van der Waals surface area contributed by atoms with Gasteiger partial charge in [0, 0.05) is 11.4 Å². The molecular formula is C13H22N2S. The first-order chi connectivity index (χ1) is 7.79. The van der Waals surface area contributed by atoms with Crippen LogP contribution in [0, 0.1) is 5.92 Å². The highest BCUT2D eigenvalue weighted by Gasteiger charge is 2.16. The highest BCUT2D eigenvalue weighted by molar-refractivity contribution is 7.09. The molecule has 1 N–H and O–H groups in total. The summed E-state index contributed by atoms with van der Waals surface area (Å²) in [5.41, 5.74) is 1.22. The summed E-state index contributed by atoms with van der Waals surface area (Å²) in [5, 5.41) is 7.08. The number of nitrogens with one attached hydrogen (secondary N) is 1. The van der Waals surface area contributed by atoms with E-state index in [0.29, 0.717) is 6.04 Å². The zero-order valence-corrected chi connectivity index (χ0v) is 11.1. The average Bonchev–Trinajstić information content (AvgIpc) is 2.96. The molecule has 1 atom stereocenters. The van der Waals surface area contributed by atoms with Crippen LogP contribution in [0.25, 0.3) is 0 Å². The quantitative estimate of drug-likeness (QED) is 0.848. The summed E-state index contributed by atoms with van der Waals surface area (Å²) in [5.74, 6) is 0.909. The maximum atomic E-state index is 4.63. The molecule has 3 heteroatoms. The zero-order chi connectivity index (χ0) is 11.4. The largest absolute Gasteiger partial charge is 0.309 e. The average molecular weight is 238 g/mol. The van der Waals surface area contributed by atoms with E-state index < -0.39 is 0 Å². The maximum Gasteiger partial charge on any atom is 0.0926 e. The van der Waals surface area contributed by atoms with E-state index in [1.807, 2.05) is 0 Å². The van der Waals surface area contributed by atoms with E-state index in [9.17, 15) is 0 Å². The molecule has 1 unspecified atom stereocenters. The van der Waals surface area contributed by atoms with E-state index in [0.717, 1.165) is 12.3 Å². The van der Waals surface area contributed by atoms with Crippen LogP contribution in [0.3, 0.4) is 0 Å². The van der Waals surface area contributed by atoms with Gasteiger partial charge in [0.2, 0.25) is 0 Å². The van der Waals surface area contributed by atoms with Gasteiger partial charge in [0.1, 0.15) is 0 Å². The van der Waals surface area contributed by atoms with Crippen molar-refractivity contribution in [2.45, 2.75) is 52.0 Å². The molecule has 1 heterocycles. The van der Waals surface area contributed by atoms with Gasteiger partial charge in [-0.25, -0.2) is 4.98 Å². The maximum absolute atomic E-state index is 4.63. The number of thiazole rings is 1. The monoisotopic (exact) mass is 238 g/mol. The van der Waals surface area contributed by atoms with Crippen LogP contribution in [0.15, 0.2) is 5.38 Å². The van der Waals surface area contributed by atoms with E-state index in [-0.39, 0.29) is 0 Å². The minimum Gasteiger partial charge on any atom is -0.309 e. The minimum atomic E-state index is 0.414. The number of hydrogen-bond acceptors (Lipinski definition) is 3. The molecule has 1 aliphatic rings. The van der Waals surface area contributed by atoms with Crippen molar-refractivity contribution in [3.05, 3.63) is 16.1 Å². The fourth-order valence-electron chi connectivity index (χ4n) is 2.35. The lowest BCUT2D eigenvalue weighted by molar-refractivity contribution is 0.449. The summed E-state index contributed by atoms with van der Waals surface area (Å²) in [4.78, 5) is 4.63. The van der Waals surface area contributed by atoms with Crippen LogP contribution >= 0.6 is 11.3 Å². The Kier molecular flexibility index (Phi) is 4.36. The van der Waals surface area contributed by atoms with Crippen LogP contribution in [0.2, 0.25) is 0 Å². The number of nitrogens with zero attached hydrogens (tertiary/aromatic N) is 1. The molecular weight excluding hydrogens is 216 g/mol. The smallest absolute Gasteiger partial charge is 0.0926 e. The van der Waals surface area contributed by atoms with E-state index in [4.69, 9.17) is 0 Å². The molecule has 0 amide bonds. The molecule has 0 saturated heterocycles. The second-order valence-corrected chi connectivity index (χ2v) is 5.74. The van der Waals surface area contributed by atoms with Crippen LogP contribution < -0.4 is 5.32 Å². The molecule has 0 radical (unpaired) electrons. The van der Waals surface area contributed by atoms with Gasteiger partial charge in [-0.2, -0.15) is 0 Å². The zero-order valence-electron chi connectivity index (χ0n) is 10.3. The number of hydrogen-bond donors (Lipinski definition) is 1. The first kappa shape index (κ1) is 12.1. The van der Waals surface area contributed by atoms with Crippen molar-refractivity contribution in [2.75, 3.05) is 6.54 Å². The van der Waals surface area contributed by atoms with Gasteiger partial charge in [0.25, 0.3) is 0 Å². The Balaban J connectivity index is 1.80. The third-order valence-corrected chi connectivity index (χ3v) is 4.51. The standard InChI is InChI=1S/C13H22N2S/c1-3-13-15-12(9-16-13)10(2)14-8-11-6-4-5-7-11/h9-11,14H,3-8H2,1-2H3. The summed E-state index contributed by atoms with van der Waals surface area (Å²) in [7, 11) is 0. The molecule has 0 spiro atoms. The van der Waals surface area contributed by atoms with E-state index in [1.165, 1.54) is 42.9 Å². The first-order valence-electron chi connectivity index (χ1n) is 6.47. The predicted molar refractivity (Wildman–Crippen MR) is 69.9 cm³/mol. The molecule has 1 saturated carbocycles. The molecule has 2 rings (SSSR count). The SMILES string of the molecule is CCc1nc(C(C)NCC2CCCC2)cs1. The van der Waals surface area contributed by atoms with E-state index in [2.05, 4.69) is 29.5 Å². The molecule has 1 aromatic heterocycles. The second kappa shape index (κ2) is 5.78. The summed E-state index contributed by atoms with van der Waals surface area (Å²) in [6.45, 7) is 5.56. The first-order valence-corrected chi connectivity index (χ1v) is 7.35. The molecule has 2 nitrogen and oxygen atoms in total. The Labute approximate surface area is 102 Å². The molecule has 0 aromatic carbocycles. The highest BCUT2D eigenvalue weighted by atomic mass is 32.1. The second-order valence-electron chi connectivity index (χ2n) is 4.80. The number of aryl methyl sites for hydroxylation is 1. The van der Waals surface area contributed by atoms with Crippen molar-refractivity contribution >= 4 is 11.3 Å². The Hall–Kier alpha value is -0.410. The summed E-state index contributed by atoms with van der Waals surface area (Å²) >= 11 is 1.78. The number of aromatic nitrogens is 1. The van der Waals surface area contributed by atoms with Gasteiger partial charge >= 0.3 is 0 Å². The predicted octanol–water partition coefficient (Wildman–Crippen LogP) is 3.55. The molecule has 1 fully saturated rings. The Morgan fingerprint density at radius 1 is 1.50 bits per heavy atom. The fraction of sp³-hybridized carbons (Fsp3) is 0.769. The van der Waals surface area contributed by atoms with Crippen molar-refractivity contribution in [3.63, 3.8) is 0 Å². The third-order valence-electron chi connectivity index (χ3n) is 3.50. The topological polar surface area (TPSA) is 24.9 Å². The van der Waals surface area contributed by atoms with E-state index >= 15 is 0 Å². The lowest BCUT2D eigenvalue weighted by Crippen LogP contribution is -2.24. The molecule has 1 aliphatic carbocycles. The van der Waals surface area contributed by atoms with Crippen LogP contribution in [0.5, 0.6) is 0 Å². The third kappa shape index (κ3) is 3.05. The van der Waals surface area contributed by atoms with Gasteiger partial charge in [-0.1, -0.05) is 19.8 Å². The molecule has 0 aliphatic heterocycles. The van der Waals surface area contributed by atoms with Crippen molar-refractivity contribution in [3.8, 4) is 0 Å².